The fraction of sp³-hybridized carbons (Fsp3) is 0.455. The van der Waals surface area contributed by atoms with Crippen molar-refractivity contribution in [3.63, 3.8) is 0 Å². The van der Waals surface area contributed by atoms with Crippen molar-refractivity contribution in [2.24, 2.45) is 5.92 Å². The summed E-state index contributed by atoms with van der Waals surface area (Å²) in [6.45, 7) is 3.55. The van der Waals surface area contributed by atoms with Gasteiger partial charge in [0, 0.05) is 12.1 Å². The lowest BCUT2D eigenvalue weighted by molar-refractivity contribution is -0.384. The second kappa shape index (κ2) is 5.58. The lowest BCUT2D eigenvalue weighted by atomic mass is 10.0. The Morgan fingerprint density at radius 1 is 1.53 bits per heavy atom. The molecule has 0 aliphatic rings. The van der Waals surface area contributed by atoms with Crippen molar-refractivity contribution in [1.29, 1.82) is 0 Å². The second-order valence-corrected chi connectivity index (χ2v) is 4.10. The molecule has 0 unspecified atom stereocenters. The number of nitrogens with one attached hydrogen (secondary N) is 1. The molecular weight excluding hydrogens is 227 g/mol. The summed E-state index contributed by atoms with van der Waals surface area (Å²) in [5, 5.41) is 22.7. The molecule has 0 saturated carbocycles. The van der Waals surface area contributed by atoms with Crippen molar-refractivity contribution in [3.05, 3.63) is 34.1 Å². The Morgan fingerprint density at radius 2 is 2.18 bits per heavy atom. The topological polar surface area (TPSA) is 75.4 Å². The molecule has 0 aliphatic carbocycles. The minimum Gasteiger partial charge on any atom is -0.394 e. The van der Waals surface area contributed by atoms with Crippen molar-refractivity contribution in [2.75, 3.05) is 11.9 Å². The molecule has 6 heteroatoms. The van der Waals surface area contributed by atoms with Gasteiger partial charge in [-0.05, 0) is 12.0 Å². The monoisotopic (exact) mass is 242 g/mol. The third kappa shape index (κ3) is 3.39. The number of hydrogen-bond acceptors (Lipinski definition) is 4. The van der Waals surface area contributed by atoms with E-state index in [1.54, 1.807) is 0 Å². The van der Waals surface area contributed by atoms with Crippen LogP contribution in [0.15, 0.2) is 18.2 Å². The van der Waals surface area contributed by atoms with Gasteiger partial charge in [-0.25, -0.2) is 4.39 Å². The van der Waals surface area contributed by atoms with Crippen molar-refractivity contribution < 1.29 is 14.4 Å². The SMILES string of the molecule is CC(C)[C@@H](CO)Nc1cc(F)ccc1[N+](=O)[O-]. The summed E-state index contributed by atoms with van der Waals surface area (Å²) in [6, 6.07) is 2.85. The Morgan fingerprint density at radius 3 is 2.65 bits per heavy atom. The van der Waals surface area contributed by atoms with Gasteiger partial charge in [0.05, 0.1) is 17.6 Å². The van der Waals surface area contributed by atoms with Gasteiger partial charge in [-0.3, -0.25) is 10.1 Å². The Kier molecular flexibility index (Phi) is 4.39. The predicted octanol–water partition coefficient (Wildman–Crippen LogP) is 2.16. The minimum atomic E-state index is -0.587. The largest absolute Gasteiger partial charge is 0.394 e. The van der Waals surface area contributed by atoms with E-state index in [0.29, 0.717) is 0 Å². The van der Waals surface area contributed by atoms with E-state index in [0.717, 1.165) is 18.2 Å². The van der Waals surface area contributed by atoms with Gasteiger partial charge in [-0.2, -0.15) is 0 Å². The van der Waals surface area contributed by atoms with Crippen LogP contribution < -0.4 is 5.32 Å². The minimum absolute atomic E-state index is 0.0721. The Labute approximate surface area is 98.4 Å². The zero-order valence-electron chi connectivity index (χ0n) is 9.68. The van der Waals surface area contributed by atoms with Gasteiger partial charge in [0.25, 0.3) is 5.69 Å². The molecule has 0 radical (unpaired) electrons. The Hall–Kier alpha value is -1.69. The lowest BCUT2D eigenvalue weighted by Gasteiger charge is -2.20. The molecule has 0 bridgehead atoms. The predicted molar refractivity (Wildman–Crippen MR) is 62.4 cm³/mol. The van der Waals surface area contributed by atoms with E-state index in [4.69, 9.17) is 5.11 Å². The highest BCUT2D eigenvalue weighted by molar-refractivity contribution is 5.61. The van der Waals surface area contributed by atoms with Gasteiger partial charge < -0.3 is 10.4 Å². The van der Waals surface area contributed by atoms with Gasteiger partial charge >= 0.3 is 0 Å². The Balaban J connectivity index is 3.03. The Bertz CT molecular complexity index is 410. The highest BCUT2D eigenvalue weighted by atomic mass is 19.1. The molecule has 94 valence electrons. The highest BCUT2D eigenvalue weighted by Gasteiger charge is 2.19. The number of benzene rings is 1. The molecule has 0 aliphatic heterocycles. The lowest BCUT2D eigenvalue weighted by Crippen LogP contribution is -2.29. The normalized spacial score (nSPS) is 12.5. The molecule has 1 rings (SSSR count). The van der Waals surface area contributed by atoms with Crippen LogP contribution in [0.2, 0.25) is 0 Å². The first kappa shape index (κ1) is 13.4. The maximum absolute atomic E-state index is 13.0. The van der Waals surface area contributed by atoms with Gasteiger partial charge in [-0.1, -0.05) is 13.8 Å². The summed E-state index contributed by atoms with van der Waals surface area (Å²) in [7, 11) is 0. The van der Waals surface area contributed by atoms with Gasteiger partial charge in [0.1, 0.15) is 11.5 Å². The smallest absolute Gasteiger partial charge is 0.292 e. The van der Waals surface area contributed by atoms with Crippen molar-refractivity contribution in [3.8, 4) is 0 Å². The molecular formula is C11H15FN2O3. The van der Waals surface area contributed by atoms with Gasteiger partial charge in [0.2, 0.25) is 0 Å². The average molecular weight is 242 g/mol. The van der Waals surface area contributed by atoms with Crippen LogP contribution in [-0.2, 0) is 0 Å². The number of rotatable bonds is 5. The third-order valence-electron chi connectivity index (χ3n) is 2.50. The quantitative estimate of drug-likeness (QED) is 0.612. The first-order chi connectivity index (χ1) is 7.95. The fourth-order valence-corrected chi connectivity index (χ4v) is 1.41. The number of nitrogens with zero attached hydrogens (tertiary/aromatic N) is 1. The molecule has 0 amide bonds. The standard InChI is InChI=1S/C11H15FN2O3/c1-7(2)10(6-15)13-9-5-8(12)3-4-11(9)14(16)17/h3-5,7,10,13,15H,6H2,1-2H3/t10-/m1/s1. The molecule has 0 saturated heterocycles. The van der Waals surface area contributed by atoms with E-state index >= 15 is 0 Å². The van der Waals surface area contributed by atoms with Crippen LogP contribution in [0.1, 0.15) is 13.8 Å². The molecule has 17 heavy (non-hydrogen) atoms. The molecule has 0 aromatic heterocycles. The number of nitro benzene ring substituents is 1. The molecule has 5 nitrogen and oxygen atoms in total. The number of hydrogen-bond donors (Lipinski definition) is 2. The first-order valence-electron chi connectivity index (χ1n) is 5.27. The molecule has 2 N–H and O–H groups in total. The third-order valence-corrected chi connectivity index (χ3v) is 2.50. The van der Waals surface area contributed by atoms with Crippen LogP contribution in [0, 0.1) is 21.8 Å². The van der Waals surface area contributed by atoms with Crippen molar-refractivity contribution >= 4 is 11.4 Å². The van der Waals surface area contributed by atoms with Crippen LogP contribution in [0.25, 0.3) is 0 Å². The van der Waals surface area contributed by atoms with E-state index in [1.165, 1.54) is 0 Å². The van der Waals surface area contributed by atoms with E-state index < -0.39 is 10.7 Å². The first-order valence-corrected chi connectivity index (χ1v) is 5.27. The second-order valence-electron chi connectivity index (χ2n) is 4.10. The molecule has 1 atom stereocenters. The van der Waals surface area contributed by atoms with Gasteiger partial charge in [0.15, 0.2) is 0 Å². The number of anilines is 1. The van der Waals surface area contributed by atoms with Crippen LogP contribution >= 0.6 is 0 Å². The van der Waals surface area contributed by atoms with Crippen LogP contribution in [0.4, 0.5) is 15.8 Å². The maximum atomic E-state index is 13.0. The molecule has 0 heterocycles. The van der Waals surface area contributed by atoms with Gasteiger partial charge in [-0.15, -0.1) is 0 Å². The summed E-state index contributed by atoms with van der Waals surface area (Å²) >= 11 is 0. The summed E-state index contributed by atoms with van der Waals surface area (Å²) in [5.74, 6) is -0.485. The maximum Gasteiger partial charge on any atom is 0.292 e. The summed E-state index contributed by atoms with van der Waals surface area (Å²) < 4.78 is 13.0. The van der Waals surface area contributed by atoms with Crippen LogP contribution in [0.5, 0.6) is 0 Å². The highest BCUT2D eigenvalue weighted by Crippen LogP contribution is 2.26. The molecule has 1 aromatic rings. The van der Waals surface area contributed by atoms with E-state index in [-0.39, 0.29) is 29.9 Å². The van der Waals surface area contributed by atoms with Crippen molar-refractivity contribution in [1.82, 2.24) is 0 Å². The van der Waals surface area contributed by atoms with Crippen LogP contribution in [0.3, 0.4) is 0 Å². The summed E-state index contributed by atoms with van der Waals surface area (Å²) in [6.07, 6.45) is 0. The summed E-state index contributed by atoms with van der Waals surface area (Å²) in [5.41, 5.74) is -0.117. The summed E-state index contributed by atoms with van der Waals surface area (Å²) in [4.78, 5) is 10.2. The number of aliphatic hydroxyl groups is 1. The number of halogens is 1. The zero-order valence-corrected chi connectivity index (χ0v) is 9.68. The van der Waals surface area contributed by atoms with Crippen molar-refractivity contribution in [2.45, 2.75) is 19.9 Å². The van der Waals surface area contributed by atoms with E-state index in [2.05, 4.69) is 5.32 Å². The van der Waals surface area contributed by atoms with Crippen LogP contribution in [-0.4, -0.2) is 22.7 Å². The zero-order chi connectivity index (χ0) is 13.0. The number of nitro groups is 1. The molecule has 0 fully saturated rings. The molecule has 0 spiro atoms. The fourth-order valence-electron chi connectivity index (χ4n) is 1.41. The molecule has 1 aromatic carbocycles. The average Bonchev–Trinajstić information content (AvgIpc) is 2.25. The number of aliphatic hydroxyl groups excluding tert-OH is 1. The van der Waals surface area contributed by atoms with E-state index in [9.17, 15) is 14.5 Å². The van der Waals surface area contributed by atoms with E-state index in [1.807, 2.05) is 13.8 Å².